The van der Waals surface area contributed by atoms with Crippen LogP contribution in [0.15, 0.2) is 24.3 Å². The number of rotatable bonds is 2. The zero-order valence-corrected chi connectivity index (χ0v) is 8.25. The fourth-order valence-electron chi connectivity index (χ4n) is 1.36. The normalized spacial score (nSPS) is 14.2. The van der Waals surface area contributed by atoms with Gasteiger partial charge in [-0.15, -0.1) is 0 Å². The van der Waals surface area contributed by atoms with Gasteiger partial charge in [0, 0.05) is 5.56 Å². The SMILES string of the molecule is FC(F)(F)COc1ccc2c(c1)C=CCO2. The fraction of sp³-hybridized carbons (Fsp3) is 0.273. The molecular weight excluding hydrogens is 221 g/mol. The Morgan fingerprint density at radius 3 is 2.88 bits per heavy atom. The summed E-state index contributed by atoms with van der Waals surface area (Å²) in [5.74, 6) is 0.841. The van der Waals surface area contributed by atoms with Crippen molar-refractivity contribution in [3.05, 3.63) is 29.8 Å². The molecule has 1 aromatic carbocycles. The Bertz CT molecular complexity index is 410. The Labute approximate surface area is 90.3 Å². The van der Waals surface area contributed by atoms with Gasteiger partial charge in [-0.25, -0.2) is 0 Å². The molecule has 5 heteroatoms. The van der Waals surface area contributed by atoms with Crippen molar-refractivity contribution in [3.8, 4) is 11.5 Å². The Balaban J connectivity index is 2.10. The lowest BCUT2D eigenvalue weighted by Gasteiger charge is -2.14. The van der Waals surface area contributed by atoms with Crippen molar-refractivity contribution in [1.82, 2.24) is 0 Å². The summed E-state index contributed by atoms with van der Waals surface area (Å²) in [5, 5.41) is 0. The maximum Gasteiger partial charge on any atom is 0.422 e. The van der Waals surface area contributed by atoms with Gasteiger partial charge in [0.1, 0.15) is 18.1 Å². The monoisotopic (exact) mass is 230 g/mol. The van der Waals surface area contributed by atoms with Crippen molar-refractivity contribution in [1.29, 1.82) is 0 Å². The number of hydrogen-bond donors (Lipinski definition) is 0. The lowest BCUT2D eigenvalue weighted by molar-refractivity contribution is -0.153. The molecule has 2 rings (SSSR count). The van der Waals surface area contributed by atoms with Crippen LogP contribution in [0, 0.1) is 0 Å². The maximum absolute atomic E-state index is 11.9. The van der Waals surface area contributed by atoms with E-state index in [1.807, 2.05) is 0 Å². The van der Waals surface area contributed by atoms with Gasteiger partial charge >= 0.3 is 6.18 Å². The van der Waals surface area contributed by atoms with Gasteiger partial charge < -0.3 is 9.47 Å². The highest BCUT2D eigenvalue weighted by molar-refractivity contribution is 5.61. The summed E-state index contributed by atoms with van der Waals surface area (Å²) in [6.45, 7) is -0.799. The molecule has 86 valence electrons. The molecule has 0 saturated carbocycles. The summed E-state index contributed by atoms with van der Waals surface area (Å²) in [6, 6.07) is 4.59. The lowest BCUT2D eigenvalue weighted by Crippen LogP contribution is -2.19. The fourth-order valence-corrected chi connectivity index (χ4v) is 1.36. The number of ether oxygens (including phenoxy) is 2. The van der Waals surface area contributed by atoms with Crippen LogP contribution in [0.5, 0.6) is 11.5 Å². The molecule has 0 saturated heterocycles. The maximum atomic E-state index is 11.9. The molecule has 1 aliphatic rings. The van der Waals surface area contributed by atoms with E-state index in [4.69, 9.17) is 4.74 Å². The minimum Gasteiger partial charge on any atom is -0.489 e. The van der Waals surface area contributed by atoms with Crippen molar-refractivity contribution < 1.29 is 22.6 Å². The molecule has 1 heterocycles. The second-order valence-corrected chi connectivity index (χ2v) is 3.32. The first-order chi connectivity index (χ1) is 7.54. The predicted molar refractivity (Wildman–Crippen MR) is 52.5 cm³/mol. The van der Waals surface area contributed by atoms with Gasteiger partial charge in [0.15, 0.2) is 6.61 Å². The van der Waals surface area contributed by atoms with Crippen molar-refractivity contribution >= 4 is 6.08 Å². The van der Waals surface area contributed by atoms with Crippen molar-refractivity contribution in [2.24, 2.45) is 0 Å². The van der Waals surface area contributed by atoms with Crippen molar-refractivity contribution in [3.63, 3.8) is 0 Å². The number of halogens is 3. The molecule has 0 aromatic heterocycles. The van der Waals surface area contributed by atoms with Gasteiger partial charge in [-0.05, 0) is 24.3 Å². The van der Waals surface area contributed by atoms with Crippen molar-refractivity contribution in [2.75, 3.05) is 13.2 Å². The largest absolute Gasteiger partial charge is 0.489 e. The number of alkyl halides is 3. The molecule has 0 bridgehead atoms. The molecule has 0 radical (unpaired) electrons. The van der Waals surface area contributed by atoms with Gasteiger partial charge in [0.05, 0.1) is 0 Å². The smallest absolute Gasteiger partial charge is 0.422 e. The average molecular weight is 230 g/mol. The molecule has 1 aliphatic heterocycles. The molecule has 16 heavy (non-hydrogen) atoms. The summed E-state index contributed by atoms with van der Waals surface area (Å²) in [4.78, 5) is 0. The van der Waals surface area contributed by atoms with E-state index in [9.17, 15) is 13.2 Å². The molecule has 0 amide bonds. The van der Waals surface area contributed by atoms with E-state index in [0.717, 1.165) is 5.56 Å². The first kappa shape index (κ1) is 10.9. The van der Waals surface area contributed by atoms with Crippen LogP contribution in [0.1, 0.15) is 5.56 Å². The van der Waals surface area contributed by atoms with E-state index in [0.29, 0.717) is 12.4 Å². The molecule has 0 unspecified atom stereocenters. The van der Waals surface area contributed by atoms with Gasteiger partial charge in [-0.3, -0.25) is 0 Å². The van der Waals surface area contributed by atoms with Crippen LogP contribution in [0.25, 0.3) is 6.08 Å². The number of benzene rings is 1. The summed E-state index contributed by atoms with van der Waals surface area (Å²) in [6.07, 6.45) is -0.739. The Hall–Kier alpha value is -1.65. The highest BCUT2D eigenvalue weighted by Crippen LogP contribution is 2.28. The highest BCUT2D eigenvalue weighted by atomic mass is 19.4. The first-order valence-corrected chi connectivity index (χ1v) is 4.67. The second-order valence-electron chi connectivity index (χ2n) is 3.32. The summed E-state index contributed by atoms with van der Waals surface area (Å²) < 4.78 is 45.6. The van der Waals surface area contributed by atoms with Gasteiger partial charge in [0.25, 0.3) is 0 Å². The van der Waals surface area contributed by atoms with E-state index in [2.05, 4.69) is 4.74 Å². The Morgan fingerprint density at radius 1 is 1.31 bits per heavy atom. The summed E-state index contributed by atoms with van der Waals surface area (Å²) >= 11 is 0. The first-order valence-electron chi connectivity index (χ1n) is 4.67. The predicted octanol–water partition coefficient (Wildman–Crippen LogP) is 3.03. The van der Waals surface area contributed by atoms with E-state index in [1.165, 1.54) is 12.1 Å². The summed E-state index contributed by atoms with van der Waals surface area (Å²) in [7, 11) is 0. The molecule has 0 atom stereocenters. The van der Waals surface area contributed by atoms with E-state index < -0.39 is 12.8 Å². The zero-order valence-electron chi connectivity index (χ0n) is 8.25. The van der Waals surface area contributed by atoms with Crippen LogP contribution >= 0.6 is 0 Å². The zero-order chi connectivity index (χ0) is 11.6. The molecule has 0 spiro atoms. The minimum absolute atomic E-state index is 0.186. The minimum atomic E-state index is -4.32. The molecule has 2 nitrogen and oxygen atoms in total. The molecule has 0 aliphatic carbocycles. The van der Waals surface area contributed by atoms with E-state index >= 15 is 0 Å². The van der Waals surface area contributed by atoms with Crippen LogP contribution < -0.4 is 9.47 Å². The third-order valence-electron chi connectivity index (χ3n) is 2.02. The van der Waals surface area contributed by atoms with Gasteiger partial charge in [0.2, 0.25) is 0 Å². The van der Waals surface area contributed by atoms with Crippen LogP contribution in [0.4, 0.5) is 13.2 Å². The Kier molecular flexibility index (Phi) is 2.77. The van der Waals surface area contributed by atoms with Gasteiger partial charge in [-0.1, -0.05) is 6.08 Å². The van der Waals surface area contributed by atoms with E-state index in [-0.39, 0.29) is 5.75 Å². The topological polar surface area (TPSA) is 18.5 Å². The Morgan fingerprint density at radius 2 is 2.12 bits per heavy atom. The number of fused-ring (bicyclic) bond motifs is 1. The van der Waals surface area contributed by atoms with Crippen LogP contribution in [0.3, 0.4) is 0 Å². The lowest BCUT2D eigenvalue weighted by atomic mass is 10.1. The summed E-state index contributed by atoms with van der Waals surface area (Å²) in [5.41, 5.74) is 0.728. The quantitative estimate of drug-likeness (QED) is 0.777. The van der Waals surface area contributed by atoms with Crippen LogP contribution in [0.2, 0.25) is 0 Å². The third-order valence-corrected chi connectivity index (χ3v) is 2.02. The van der Waals surface area contributed by atoms with Crippen molar-refractivity contribution in [2.45, 2.75) is 6.18 Å². The average Bonchev–Trinajstić information content (AvgIpc) is 2.25. The van der Waals surface area contributed by atoms with Gasteiger partial charge in [-0.2, -0.15) is 13.2 Å². The molecular formula is C11H9F3O2. The highest BCUT2D eigenvalue weighted by Gasteiger charge is 2.28. The second kappa shape index (κ2) is 4.08. The van der Waals surface area contributed by atoms with Crippen LogP contribution in [-0.4, -0.2) is 19.4 Å². The molecule has 1 aromatic rings. The van der Waals surface area contributed by atoms with Crippen LogP contribution in [-0.2, 0) is 0 Å². The standard InChI is InChI=1S/C11H9F3O2/c12-11(13,14)7-16-9-3-4-10-8(6-9)2-1-5-15-10/h1-4,6H,5,7H2. The molecule has 0 fully saturated rings. The van der Waals surface area contributed by atoms with E-state index in [1.54, 1.807) is 18.2 Å². The number of hydrogen-bond acceptors (Lipinski definition) is 2. The third kappa shape index (κ3) is 2.68. The molecule has 0 N–H and O–H groups in total.